The van der Waals surface area contributed by atoms with Gasteiger partial charge >= 0.3 is 0 Å². The molecule has 0 aliphatic carbocycles. The van der Waals surface area contributed by atoms with Crippen molar-refractivity contribution in [2.45, 2.75) is 12.5 Å². The van der Waals surface area contributed by atoms with E-state index < -0.39 is 6.10 Å². The van der Waals surface area contributed by atoms with Gasteiger partial charge in [-0.25, -0.2) is 4.98 Å². The van der Waals surface area contributed by atoms with E-state index in [4.69, 9.17) is 4.74 Å². The molecule has 16 heavy (non-hydrogen) atoms. The van der Waals surface area contributed by atoms with Crippen LogP contribution in [0.3, 0.4) is 0 Å². The van der Waals surface area contributed by atoms with Gasteiger partial charge in [-0.05, 0) is 12.1 Å². The number of methoxy groups -OCH3 is 1. The Hall–Kier alpha value is -1.52. The molecular weight excluding hydrogens is 204 g/mol. The number of aromatic nitrogens is 2. The van der Waals surface area contributed by atoms with Crippen LogP contribution in [0.1, 0.15) is 5.69 Å². The van der Waals surface area contributed by atoms with Crippen LogP contribution >= 0.6 is 0 Å². The number of ether oxygens (including phenoxy) is 1. The maximum Gasteiger partial charge on any atom is 0.0890 e. The SMILES string of the molecule is COCC(O)Cc1cnc2ccccc2n1. The molecule has 1 unspecified atom stereocenters. The molecule has 0 fully saturated rings. The molecule has 0 spiro atoms. The number of benzene rings is 1. The molecule has 0 bridgehead atoms. The number of aliphatic hydroxyl groups excluding tert-OH is 1. The van der Waals surface area contributed by atoms with Crippen molar-refractivity contribution in [2.75, 3.05) is 13.7 Å². The number of para-hydroxylation sites is 2. The van der Waals surface area contributed by atoms with Crippen LogP contribution in [0.5, 0.6) is 0 Å². The Morgan fingerprint density at radius 1 is 1.31 bits per heavy atom. The van der Waals surface area contributed by atoms with Crippen molar-refractivity contribution in [3.63, 3.8) is 0 Å². The van der Waals surface area contributed by atoms with Crippen molar-refractivity contribution in [1.82, 2.24) is 9.97 Å². The van der Waals surface area contributed by atoms with E-state index in [0.29, 0.717) is 13.0 Å². The molecule has 2 rings (SSSR count). The fourth-order valence-electron chi connectivity index (χ4n) is 1.59. The molecule has 1 aromatic heterocycles. The summed E-state index contributed by atoms with van der Waals surface area (Å²) < 4.78 is 4.87. The summed E-state index contributed by atoms with van der Waals surface area (Å²) in [5, 5.41) is 9.58. The average Bonchev–Trinajstić information content (AvgIpc) is 2.29. The fourth-order valence-corrected chi connectivity index (χ4v) is 1.59. The summed E-state index contributed by atoms with van der Waals surface area (Å²) in [6, 6.07) is 7.68. The zero-order valence-electron chi connectivity index (χ0n) is 9.13. The van der Waals surface area contributed by atoms with E-state index in [2.05, 4.69) is 9.97 Å². The first kappa shape index (κ1) is 11.0. The van der Waals surface area contributed by atoms with Crippen molar-refractivity contribution >= 4 is 11.0 Å². The van der Waals surface area contributed by atoms with Crippen LogP contribution in [-0.4, -0.2) is 34.9 Å². The average molecular weight is 218 g/mol. The lowest BCUT2D eigenvalue weighted by atomic mass is 10.2. The highest BCUT2D eigenvalue weighted by Gasteiger charge is 2.07. The first-order chi connectivity index (χ1) is 7.79. The van der Waals surface area contributed by atoms with E-state index >= 15 is 0 Å². The van der Waals surface area contributed by atoms with Crippen molar-refractivity contribution in [2.24, 2.45) is 0 Å². The Kier molecular flexibility index (Phi) is 3.44. The quantitative estimate of drug-likeness (QED) is 0.837. The zero-order valence-corrected chi connectivity index (χ0v) is 9.13. The van der Waals surface area contributed by atoms with Gasteiger partial charge in [-0.1, -0.05) is 12.1 Å². The minimum atomic E-state index is -0.527. The van der Waals surface area contributed by atoms with Gasteiger partial charge in [-0.3, -0.25) is 4.98 Å². The molecule has 0 saturated heterocycles. The van der Waals surface area contributed by atoms with E-state index in [1.807, 2.05) is 24.3 Å². The first-order valence-corrected chi connectivity index (χ1v) is 5.17. The minimum Gasteiger partial charge on any atom is -0.390 e. The molecule has 0 aliphatic heterocycles. The predicted octanol–water partition coefficient (Wildman–Crippen LogP) is 1.18. The van der Waals surface area contributed by atoms with Crippen LogP contribution in [0.25, 0.3) is 11.0 Å². The van der Waals surface area contributed by atoms with Gasteiger partial charge in [0.2, 0.25) is 0 Å². The Morgan fingerprint density at radius 3 is 2.81 bits per heavy atom. The number of fused-ring (bicyclic) bond motifs is 1. The number of hydrogen-bond donors (Lipinski definition) is 1. The Labute approximate surface area is 93.9 Å². The molecule has 84 valence electrons. The lowest BCUT2D eigenvalue weighted by Crippen LogP contribution is -2.17. The second-order valence-electron chi connectivity index (χ2n) is 3.66. The van der Waals surface area contributed by atoms with E-state index in [0.717, 1.165) is 16.7 Å². The summed E-state index contributed by atoms with van der Waals surface area (Å²) in [5.74, 6) is 0. The van der Waals surface area contributed by atoms with Gasteiger partial charge in [0.25, 0.3) is 0 Å². The number of rotatable bonds is 4. The molecule has 1 N–H and O–H groups in total. The van der Waals surface area contributed by atoms with Crippen LogP contribution in [0.2, 0.25) is 0 Å². The number of hydrogen-bond acceptors (Lipinski definition) is 4. The fraction of sp³-hybridized carbons (Fsp3) is 0.333. The van der Waals surface area contributed by atoms with Crippen LogP contribution < -0.4 is 0 Å². The predicted molar refractivity (Wildman–Crippen MR) is 61.1 cm³/mol. The first-order valence-electron chi connectivity index (χ1n) is 5.17. The molecule has 4 nitrogen and oxygen atoms in total. The highest BCUT2D eigenvalue weighted by molar-refractivity contribution is 5.73. The lowest BCUT2D eigenvalue weighted by molar-refractivity contribution is 0.0644. The zero-order chi connectivity index (χ0) is 11.4. The molecule has 4 heteroatoms. The Balaban J connectivity index is 2.19. The monoisotopic (exact) mass is 218 g/mol. The minimum absolute atomic E-state index is 0.314. The third-order valence-electron chi connectivity index (χ3n) is 2.30. The van der Waals surface area contributed by atoms with Crippen molar-refractivity contribution in [1.29, 1.82) is 0 Å². The van der Waals surface area contributed by atoms with E-state index in [-0.39, 0.29) is 0 Å². The molecular formula is C12H14N2O2. The standard InChI is InChI=1S/C12H14N2O2/c1-16-8-10(15)6-9-7-13-11-4-2-3-5-12(11)14-9/h2-5,7,10,15H,6,8H2,1H3. The number of nitrogens with zero attached hydrogens (tertiary/aromatic N) is 2. The smallest absolute Gasteiger partial charge is 0.0890 e. The van der Waals surface area contributed by atoms with Crippen LogP contribution in [-0.2, 0) is 11.2 Å². The largest absolute Gasteiger partial charge is 0.390 e. The Morgan fingerprint density at radius 2 is 2.06 bits per heavy atom. The van der Waals surface area contributed by atoms with Crippen LogP contribution in [0.4, 0.5) is 0 Å². The maximum atomic E-state index is 9.58. The van der Waals surface area contributed by atoms with E-state index in [1.165, 1.54) is 0 Å². The maximum absolute atomic E-state index is 9.58. The lowest BCUT2D eigenvalue weighted by Gasteiger charge is -2.08. The summed E-state index contributed by atoms with van der Waals surface area (Å²) in [4.78, 5) is 8.70. The molecule has 2 aromatic rings. The highest BCUT2D eigenvalue weighted by atomic mass is 16.5. The van der Waals surface area contributed by atoms with Crippen LogP contribution in [0, 0.1) is 0 Å². The highest BCUT2D eigenvalue weighted by Crippen LogP contribution is 2.09. The number of aliphatic hydroxyl groups is 1. The van der Waals surface area contributed by atoms with E-state index in [1.54, 1.807) is 13.3 Å². The summed E-state index contributed by atoms with van der Waals surface area (Å²) in [6.07, 6.45) is 1.63. The van der Waals surface area contributed by atoms with Gasteiger partial charge in [0.1, 0.15) is 0 Å². The van der Waals surface area contributed by atoms with Crippen LogP contribution in [0.15, 0.2) is 30.5 Å². The summed E-state index contributed by atoms with van der Waals surface area (Å²) in [6.45, 7) is 0.314. The summed E-state index contributed by atoms with van der Waals surface area (Å²) >= 11 is 0. The van der Waals surface area contributed by atoms with E-state index in [9.17, 15) is 5.11 Å². The summed E-state index contributed by atoms with van der Waals surface area (Å²) in [7, 11) is 1.56. The second kappa shape index (κ2) is 5.01. The third-order valence-corrected chi connectivity index (χ3v) is 2.30. The molecule has 0 amide bonds. The van der Waals surface area contributed by atoms with Gasteiger partial charge in [0.15, 0.2) is 0 Å². The Bertz CT molecular complexity index is 473. The molecule has 1 atom stereocenters. The van der Waals surface area contributed by atoms with Gasteiger partial charge < -0.3 is 9.84 Å². The normalized spacial score (nSPS) is 12.9. The molecule has 0 aliphatic rings. The van der Waals surface area contributed by atoms with Gasteiger partial charge in [0, 0.05) is 19.7 Å². The van der Waals surface area contributed by atoms with Crippen molar-refractivity contribution in [3.05, 3.63) is 36.2 Å². The molecule has 1 heterocycles. The molecule has 0 radical (unpaired) electrons. The van der Waals surface area contributed by atoms with Crippen molar-refractivity contribution in [3.8, 4) is 0 Å². The second-order valence-corrected chi connectivity index (χ2v) is 3.66. The summed E-state index contributed by atoms with van der Waals surface area (Å²) in [5.41, 5.74) is 2.50. The van der Waals surface area contributed by atoms with Gasteiger partial charge in [-0.15, -0.1) is 0 Å². The topological polar surface area (TPSA) is 55.2 Å². The molecule has 0 saturated carbocycles. The third kappa shape index (κ3) is 2.53. The molecule has 1 aromatic carbocycles. The van der Waals surface area contributed by atoms with Crippen molar-refractivity contribution < 1.29 is 9.84 Å². The van der Waals surface area contributed by atoms with Gasteiger partial charge in [-0.2, -0.15) is 0 Å². The van der Waals surface area contributed by atoms with Gasteiger partial charge in [0.05, 0.1) is 29.4 Å².